The van der Waals surface area contributed by atoms with Gasteiger partial charge in [-0.15, -0.1) is 11.3 Å². The van der Waals surface area contributed by atoms with Crippen LogP contribution in [0.5, 0.6) is 0 Å². The fraction of sp³-hybridized carbons (Fsp3) is 0.400. The summed E-state index contributed by atoms with van der Waals surface area (Å²) in [6, 6.07) is 8.18. The number of amides is 1. The minimum Gasteiger partial charge on any atom is -0.368 e. The molecule has 1 amide bonds. The first-order valence-electron chi connectivity index (χ1n) is 9.46. The number of anilines is 1. The van der Waals surface area contributed by atoms with Crippen molar-refractivity contribution in [2.24, 2.45) is 0 Å². The summed E-state index contributed by atoms with van der Waals surface area (Å²) in [6.07, 6.45) is 0.731. The van der Waals surface area contributed by atoms with Crippen LogP contribution < -0.4 is 4.90 Å². The van der Waals surface area contributed by atoms with Gasteiger partial charge in [0, 0.05) is 43.9 Å². The topological polar surface area (TPSA) is 75.4 Å². The van der Waals surface area contributed by atoms with Gasteiger partial charge >= 0.3 is 0 Å². The van der Waals surface area contributed by atoms with Crippen LogP contribution in [-0.4, -0.2) is 52.1 Å². The van der Waals surface area contributed by atoms with Crippen molar-refractivity contribution in [3.63, 3.8) is 0 Å². The Morgan fingerprint density at radius 3 is 2.39 bits per heavy atom. The molecule has 3 heterocycles. The Bertz CT molecular complexity index is 971. The highest BCUT2D eigenvalue weighted by atomic mass is 32.1. The molecule has 1 aromatic carbocycles. The van der Waals surface area contributed by atoms with Crippen molar-refractivity contribution >= 4 is 22.9 Å². The molecule has 0 unspecified atom stereocenters. The molecule has 0 atom stereocenters. The number of piperazine rings is 1. The third-order valence-electron chi connectivity index (χ3n) is 4.93. The molecule has 4 rings (SSSR count). The smallest absolute Gasteiger partial charge is 0.265 e. The summed E-state index contributed by atoms with van der Waals surface area (Å²) in [7, 11) is 0. The first-order valence-corrected chi connectivity index (χ1v) is 10.3. The summed E-state index contributed by atoms with van der Waals surface area (Å²) in [5.41, 5.74) is 2.91. The van der Waals surface area contributed by atoms with Crippen LogP contribution in [-0.2, 0) is 6.42 Å². The lowest BCUT2D eigenvalue weighted by Gasteiger charge is -2.36. The number of aromatic nitrogens is 3. The van der Waals surface area contributed by atoms with Crippen LogP contribution >= 0.6 is 11.3 Å². The molecule has 0 spiro atoms. The highest BCUT2D eigenvalue weighted by Gasteiger charge is 2.25. The second-order valence-corrected chi connectivity index (χ2v) is 8.04. The number of aryl methyl sites for hydroxylation is 3. The fourth-order valence-corrected chi connectivity index (χ4v) is 4.27. The number of carbonyl (C=O) groups excluding carboxylic acids is 1. The number of thiazole rings is 1. The molecule has 0 saturated carbocycles. The van der Waals surface area contributed by atoms with E-state index < -0.39 is 0 Å². The van der Waals surface area contributed by atoms with E-state index in [1.54, 1.807) is 0 Å². The van der Waals surface area contributed by atoms with Gasteiger partial charge in [-0.3, -0.25) is 4.79 Å². The molecule has 0 radical (unpaired) electrons. The highest BCUT2D eigenvalue weighted by Crippen LogP contribution is 2.24. The van der Waals surface area contributed by atoms with E-state index in [0.29, 0.717) is 24.8 Å². The molecule has 2 aromatic heterocycles. The third-order valence-corrected chi connectivity index (χ3v) is 5.99. The van der Waals surface area contributed by atoms with Crippen molar-refractivity contribution in [2.45, 2.75) is 27.2 Å². The Hall–Kier alpha value is -2.74. The molecule has 0 bridgehead atoms. The molecule has 3 aromatic rings. The monoisotopic (exact) mass is 397 g/mol. The SMILES string of the molecule is CCc1nc(-c2ccc(N3CCN(C(=O)c4sc(C)nc4C)CC3)cc2)no1. The van der Waals surface area contributed by atoms with Crippen LogP contribution in [0.15, 0.2) is 28.8 Å². The van der Waals surface area contributed by atoms with E-state index in [9.17, 15) is 4.79 Å². The van der Waals surface area contributed by atoms with Crippen LogP contribution in [0.1, 0.15) is 33.2 Å². The number of carbonyl (C=O) groups is 1. The Morgan fingerprint density at radius 2 is 1.82 bits per heavy atom. The van der Waals surface area contributed by atoms with Gasteiger partial charge in [0.1, 0.15) is 4.88 Å². The maximum absolute atomic E-state index is 12.8. The molecule has 8 heteroatoms. The van der Waals surface area contributed by atoms with Crippen molar-refractivity contribution in [1.29, 1.82) is 0 Å². The Kier molecular flexibility index (Phi) is 5.13. The predicted molar refractivity (Wildman–Crippen MR) is 109 cm³/mol. The minimum atomic E-state index is 0.0990. The molecule has 1 aliphatic heterocycles. The van der Waals surface area contributed by atoms with Gasteiger partial charge in [-0.2, -0.15) is 4.98 Å². The maximum Gasteiger partial charge on any atom is 0.265 e. The second kappa shape index (κ2) is 7.71. The highest BCUT2D eigenvalue weighted by molar-refractivity contribution is 7.13. The van der Waals surface area contributed by atoms with Gasteiger partial charge in [0.15, 0.2) is 0 Å². The molecule has 1 fully saturated rings. The summed E-state index contributed by atoms with van der Waals surface area (Å²) in [6.45, 7) is 8.87. The second-order valence-electron chi connectivity index (χ2n) is 6.84. The number of hydrogen-bond donors (Lipinski definition) is 0. The van der Waals surface area contributed by atoms with Gasteiger partial charge < -0.3 is 14.3 Å². The van der Waals surface area contributed by atoms with Gasteiger partial charge in [0.2, 0.25) is 11.7 Å². The first-order chi connectivity index (χ1) is 13.5. The van der Waals surface area contributed by atoms with Gasteiger partial charge in [-0.25, -0.2) is 4.98 Å². The normalized spacial score (nSPS) is 14.5. The van der Waals surface area contributed by atoms with E-state index in [-0.39, 0.29) is 5.91 Å². The van der Waals surface area contributed by atoms with Gasteiger partial charge in [0.25, 0.3) is 5.91 Å². The zero-order valence-corrected chi connectivity index (χ0v) is 17.1. The van der Waals surface area contributed by atoms with Crippen LogP contribution in [0.25, 0.3) is 11.4 Å². The zero-order valence-electron chi connectivity index (χ0n) is 16.3. The molecular formula is C20H23N5O2S. The van der Waals surface area contributed by atoms with Crippen molar-refractivity contribution < 1.29 is 9.32 Å². The molecule has 28 heavy (non-hydrogen) atoms. The van der Waals surface area contributed by atoms with Crippen molar-refractivity contribution in [3.8, 4) is 11.4 Å². The molecule has 0 aliphatic carbocycles. The van der Waals surface area contributed by atoms with Crippen LogP contribution in [0.2, 0.25) is 0 Å². The lowest BCUT2D eigenvalue weighted by atomic mass is 10.1. The Labute approximate surface area is 168 Å². The van der Waals surface area contributed by atoms with Crippen molar-refractivity contribution in [3.05, 3.63) is 45.7 Å². The number of benzene rings is 1. The van der Waals surface area contributed by atoms with Gasteiger partial charge in [0.05, 0.1) is 10.7 Å². The average Bonchev–Trinajstić information content (AvgIpc) is 3.34. The quantitative estimate of drug-likeness (QED) is 0.672. The Balaban J connectivity index is 1.39. The molecule has 146 valence electrons. The summed E-state index contributed by atoms with van der Waals surface area (Å²) < 4.78 is 5.18. The standard InChI is InChI=1S/C20H23N5O2S/c1-4-17-22-19(23-27-17)15-5-7-16(8-6-15)24-9-11-25(12-10-24)20(26)18-13(2)21-14(3)28-18/h5-8H,4,9-12H2,1-3H3. The third kappa shape index (κ3) is 3.64. The van der Waals surface area contributed by atoms with E-state index in [1.807, 2.05) is 37.8 Å². The Morgan fingerprint density at radius 1 is 1.11 bits per heavy atom. The molecule has 1 aliphatic rings. The fourth-order valence-electron chi connectivity index (χ4n) is 3.38. The number of rotatable bonds is 4. The van der Waals surface area contributed by atoms with Crippen molar-refractivity contribution in [2.75, 3.05) is 31.1 Å². The average molecular weight is 398 g/mol. The van der Waals surface area contributed by atoms with Crippen molar-refractivity contribution in [1.82, 2.24) is 20.0 Å². The van der Waals surface area contributed by atoms with Gasteiger partial charge in [-0.05, 0) is 38.1 Å². The van der Waals surface area contributed by atoms with E-state index in [0.717, 1.165) is 46.3 Å². The van der Waals surface area contributed by atoms with E-state index in [1.165, 1.54) is 11.3 Å². The molecular weight excluding hydrogens is 374 g/mol. The molecule has 0 N–H and O–H groups in total. The zero-order chi connectivity index (χ0) is 19.7. The summed E-state index contributed by atoms with van der Waals surface area (Å²) in [5, 5.41) is 4.96. The van der Waals surface area contributed by atoms with Crippen LogP contribution in [0.3, 0.4) is 0 Å². The van der Waals surface area contributed by atoms with Crippen LogP contribution in [0, 0.1) is 13.8 Å². The summed E-state index contributed by atoms with van der Waals surface area (Å²) in [5.74, 6) is 1.36. The first kappa shape index (κ1) is 18.6. The van der Waals surface area contributed by atoms with E-state index >= 15 is 0 Å². The largest absolute Gasteiger partial charge is 0.368 e. The lowest BCUT2D eigenvalue weighted by Crippen LogP contribution is -2.48. The number of hydrogen-bond acceptors (Lipinski definition) is 7. The van der Waals surface area contributed by atoms with Crippen LogP contribution in [0.4, 0.5) is 5.69 Å². The molecule has 1 saturated heterocycles. The molecule has 7 nitrogen and oxygen atoms in total. The van der Waals surface area contributed by atoms with Gasteiger partial charge in [-0.1, -0.05) is 12.1 Å². The summed E-state index contributed by atoms with van der Waals surface area (Å²) >= 11 is 1.48. The minimum absolute atomic E-state index is 0.0990. The summed E-state index contributed by atoms with van der Waals surface area (Å²) in [4.78, 5) is 26.5. The van der Waals surface area contributed by atoms with E-state index in [4.69, 9.17) is 4.52 Å². The number of nitrogens with zero attached hydrogens (tertiary/aromatic N) is 5. The van der Waals surface area contributed by atoms with E-state index in [2.05, 4.69) is 32.2 Å². The lowest BCUT2D eigenvalue weighted by molar-refractivity contribution is 0.0750. The predicted octanol–water partition coefficient (Wildman–Crippen LogP) is 3.33. The maximum atomic E-state index is 12.8.